The Kier molecular flexibility index (Phi) is 4.12. The van der Waals surface area contributed by atoms with Gasteiger partial charge in [0.25, 0.3) is 0 Å². The fraction of sp³-hybridized carbons (Fsp3) is 0.500. The van der Waals surface area contributed by atoms with Crippen LogP contribution in [0, 0.1) is 11.8 Å². The lowest BCUT2D eigenvalue weighted by Crippen LogP contribution is -2.46. The van der Waals surface area contributed by atoms with Crippen LogP contribution in [-0.4, -0.2) is 38.3 Å². The average molecular weight is 320 g/mol. The zero-order valence-corrected chi connectivity index (χ0v) is 12.9. The van der Waals surface area contributed by atoms with Crippen LogP contribution in [0.2, 0.25) is 0 Å². The summed E-state index contributed by atoms with van der Waals surface area (Å²) in [5, 5.41) is 14.1. The van der Waals surface area contributed by atoms with Crippen molar-refractivity contribution in [3.05, 3.63) is 18.2 Å². The minimum absolute atomic E-state index is 0.358. The van der Waals surface area contributed by atoms with Crippen molar-refractivity contribution in [2.75, 3.05) is 19.5 Å². The Morgan fingerprint density at radius 2 is 1.78 bits per heavy atom. The standard InChI is InChI=1S/C16H19NO6/c1-21-9-4-3-8(7-12(9)22-2)17-15(18)13-10-5-6-11(23-10)14(13)16(19)20/h3-4,7,10-11,13-14H,5-6H2,1-2H3,(H,17,18)(H,19,20)/p-1/t10-,11+,13-,14+/m1/s1. The maximum atomic E-state index is 12.5. The van der Waals surface area contributed by atoms with Crippen LogP contribution in [0.25, 0.3) is 0 Å². The molecular formula is C16H18NO6-. The Bertz CT molecular complexity index is 631. The molecule has 2 bridgehead atoms. The van der Waals surface area contributed by atoms with Gasteiger partial charge >= 0.3 is 0 Å². The Labute approximate surface area is 133 Å². The predicted octanol–water partition coefficient (Wildman–Crippen LogP) is 0.186. The molecule has 1 aromatic carbocycles. The number of rotatable bonds is 5. The van der Waals surface area contributed by atoms with Gasteiger partial charge in [-0.15, -0.1) is 0 Å². The van der Waals surface area contributed by atoms with Crippen LogP contribution >= 0.6 is 0 Å². The first-order chi connectivity index (χ1) is 11.0. The van der Waals surface area contributed by atoms with E-state index < -0.39 is 23.9 Å². The molecule has 23 heavy (non-hydrogen) atoms. The van der Waals surface area contributed by atoms with Gasteiger partial charge in [0, 0.05) is 23.6 Å². The Balaban J connectivity index is 1.78. The SMILES string of the molecule is COc1ccc(NC(=O)[C@H]2[C@@H](C(=O)[O-])[C@@H]3CC[C@H]2O3)cc1OC. The molecule has 2 saturated heterocycles. The molecule has 0 aliphatic carbocycles. The van der Waals surface area contributed by atoms with Gasteiger partial charge in [-0.25, -0.2) is 0 Å². The van der Waals surface area contributed by atoms with Crippen LogP contribution in [0.5, 0.6) is 11.5 Å². The minimum Gasteiger partial charge on any atom is -0.550 e. The summed E-state index contributed by atoms with van der Waals surface area (Å²) in [5.74, 6) is -2.21. The van der Waals surface area contributed by atoms with Gasteiger partial charge in [-0.3, -0.25) is 4.79 Å². The van der Waals surface area contributed by atoms with Crippen LogP contribution in [0.1, 0.15) is 12.8 Å². The number of carbonyl (C=O) groups is 2. The van der Waals surface area contributed by atoms with Gasteiger partial charge in [-0.05, 0) is 25.0 Å². The number of aliphatic carboxylic acids is 1. The molecule has 1 amide bonds. The van der Waals surface area contributed by atoms with Gasteiger partial charge in [0.15, 0.2) is 11.5 Å². The third-order valence-corrected chi connectivity index (χ3v) is 4.50. The van der Waals surface area contributed by atoms with E-state index in [1.54, 1.807) is 18.2 Å². The smallest absolute Gasteiger partial charge is 0.230 e. The van der Waals surface area contributed by atoms with E-state index in [9.17, 15) is 14.7 Å². The molecule has 124 valence electrons. The van der Waals surface area contributed by atoms with Crippen molar-refractivity contribution >= 4 is 17.6 Å². The molecule has 1 aromatic rings. The summed E-state index contributed by atoms with van der Waals surface area (Å²) in [6.45, 7) is 0. The van der Waals surface area contributed by atoms with E-state index in [0.29, 0.717) is 30.0 Å². The van der Waals surface area contributed by atoms with Gasteiger partial charge in [-0.2, -0.15) is 0 Å². The number of hydrogen-bond donors (Lipinski definition) is 1. The molecule has 0 aromatic heterocycles. The van der Waals surface area contributed by atoms with Gasteiger partial charge < -0.3 is 29.4 Å². The number of amides is 1. The van der Waals surface area contributed by atoms with Crippen molar-refractivity contribution in [2.45, 2.75) is 25.0 Å². The first kappa shape index (κ1) is 15.6. The van der Waals surface area contributed by atoms with E-state index in [1.807, 2.05) is 0 Å². The number of methoxy groups -OCH3 is 2. The largest absolute Gasteiger partial charge is 0.550 e. The number of anilines is 1. The monoisotopic (exact) mass is 320 g/mol. The number of benzene rings is 1. The van der Waals surface area contributed by atoms with Crippen LogP contribution < -0.4 is 19.9 Å². The number of carbonyl (C=O) groups excluding carboxylic acids is 2. The summed E-state index contributed by atoms with van der Waals surface area (Å²) < 4.78 is 15.9. The molecular weight excluding hydrogens is 302 g/mol. The molecule has 0 saturated carbocycles. The van der Waals surface area contributed by atoms with Crippen molar-refractivity contribution < 1.29 is 28.9 Å². The van der Waals surface area contributed by atoms with Crippen molar-refractivity contribution in [3.63, 3.8) is 0 Å². The van der Waals surface area contributed by atoms with E-state index in [2.05, 4.69) is 5.32 Å². The first-order valence-electron chi connectivity index (χ1n) is 7.44. The molecule has 2 fully saturated rings. The lowest BCUT2D eigenvalue weighted by atomic mass is 9.78. The molecule has 7 nitrogen and oxygen atoms in total. The van der Waals surface area contributed by atoms with E-state index >= 15 is 0 Å². The van der Waals surface area contributed by atoms with Crippen molar-refractivity contribution in [3.8, 4) is 11.5 Å². The molecule has 7 heteroatoms. The van der Waals surface area contributed by atoms with Crippen molar-refractivity contribution in [1.82, 2.24) is 0 Å². The highest BCUT2D eigenvalue weighted by Crippen LogP contribution is 2.43. The van der Waals surface area contributed by atoms with Crippen LogP contribution in [0.4, 0.5) is 5.69 Å². The van der Waals surface area contributed by atoms with Crippen LogP contribution in [0.3, 0.4) is 0 Å². The molecule has 0 radical (unpaired) electrons. The third kappa shape index (κ3) is 2.72. The summed E-state index contributed by atoms with van der Waals surface area (Å²) in [7, 11) is 3.02. The minimum atomic E-state index is -1.23. The highest BCUT2D eigenvalue weighted by Gasteiger charge is 2.52. The molecule has 2 aliphatic rings. The van der Waals surface area contributed by atoms with Crippen LogP contribution in [-0.2, 0) is 14.3 Å². The molecule has 0 unspecified atom stereocenters. The summed E-state index contributed by atoms with van der Waals surface area (Å²) in [5.41, 5.74) is 0.507. The van der Waals surface area contributed by atoms with E-state index in [-0.39, 0.29) is 12.0 Å². The summed E-state index contributed by atoms with van der Waals surface area (Å²) in [6, 6.07) is 4.96. The molecule has 3 rings (SSSR count). The predicted molar refractivity (Wildman–Crippen MR) is 78.1 cm³/mol. The van der Waals surface area contributed by atoms with Gasteiger partial charge in [-0.1, -0.05) is 0 Å². The summed E-state index contributed by atoms with van der Waals surface area (Å²) in [6.07, 6.45) is 0.566. The van der Waals surface area contributed by atoms with Gasteiger partial charge in [0.2, 0.25) is 5.91 Å². The summed E-state index contributed by atoms with van der Waals surface area (Å²) in [4.78, 5) is 23.9. The number of carboxylic acid groups (broad SMARTS) is 1. The molecule has 1 N–H and O–H groups in total. The highest BCUT2D eigenvalue weighted by atomic mass is 16.5. The van der Waals surface area contributed by atoms with E-state index in [1.165, 1.54) is 14.2 Å². The van der Waals surface area contributed by atoms with Crippen molar-refractivity contribution in [1.29, 1.82) is 0 Å². The lowest BCUT2D eigenvalue weighted by molar-refractivity contribution is -0.313. The number of fused-ring (bicyclic) bond motifs is 2. The number of nitrogens with one attached hydrogen (secondary N) is 1. The lowest BCUT2D eigenvalue weighted by Gasteiger charge is -2.27. The number of hydrogen-bond acceptors (Lipinski definition) is 6. The quantitative estimate of drug-likeness (QED) is 0.831. The van der Waals surface area contributed by atoms with E-state index in [4.69, 9.17) is 14.2 Å². The van der Waals surface area contributed by atoms with E-state index in [0.717, 1.165) is 0 Å². The maximum absolute atomic E-state index is 12.5. The topological polar surface area (TPSA) is 96.9 Å². The highest BCUT2D eigenvalue weighted by molar-refractivity contribution is 5.96. The Morgan fingerprint density at radius 3 is 2.39 bits per heavy atom. The first-order valence-corrected chi connectivity index (χ1v) is 7.44. The Morgan fingerprint density at radius 1 is 1.13 bits per heavy atom. The van der Waals surface area contributed by atoms with Gasteiger partial charge in [0.1, 0.15) is 0 Å². The van der Waals surface area contributed by atoms with Crippen molar-refractivity contribution in [2.24, 2.45) is 11.8 Å². The molecule has 0 spiro atoms. The second-order valence-corrected chi connectivity index (χ2v) is 5.72. The van der Waals surface area contributed by atoms with Crippen LogP contribution in [0.15, 0.2) is 18.2 Å². The second kappa shape index (κ2) is 6.08. The maximum Gasteiger partial charge on any atom is 0.230 e. The zero-order chi connectivity index (χ0) is 16.6. The fourth-order valence-electron chi connectivity index (χ4n) is 3.45. The second-order valence-electron chi connectivity index (χ2n) is 5.72. The average Bonchev–Trinajstić information content (AvgIpc) is 3.15. The normalized spacial score (nSPS) is 28.4. The Hall–Kier alpha value is -2.28. The molecule has 2 aliphatic heterocycles. The fourth-order valence-corrected chi connectivity index (χ4v) is 3.45. The third-order valence-electron chi connectivity index (χ3n) is 4.50. The summed E-state index contributed by atoms with van der Waals surface area (Å²) >= 11 is 0. The number of carboxylic acids is 1. The number of ether oxygens (including phenoxy) is 3. The zero-order valence-electron chi connectivity index (χ0n) is 12.9. The van der Waals surface area contributed by atoms with Gasteiger partial charge in [0.05, 0.1) is 32.3 Å². The molecule has 2 heterocycles. The molecule has 4 atom stereocenters.